The second-order valence-corrected chi connectivity index (χ2v) is 7.72. The molecule has 0 unspecified atom stereocenters. The van der Waals surface area contributed by atoms with E-state index in [1.807, 2.05) is 18.2 Å². The van der Waals surface area contributed by atoms with E-state index in [4.69, 9.17) is 16.6 Å². The predicted molar refractivity (Wildman–Crippen MR) is 110 cm³/mol. The van der Waals surface area contributed by atoms with Crippen LogP contribution in [0.2, 0.25) is 5.02 Å². The molecule has 2 aliphatic rings. The number of benzene rings is 2. The molecule has 0 radical (unpaired) electrons. The number of halogens is 1. The molecular formula is C22H26ClN3. The maximum absolute atomic E-state index is 6.09. The zero-order valence-electron chi connectivity index (χ0n) is 15.2. The molecule has 1 fully saturated rings. The second-order valence-electron chi connectivity index (χ2n) is 7.28. The quantitative estimate of drug-likeness (QED) is 0.756. The van der Waals surface area contributed by atoms with Crippen LogP contribution in [-0.2, 0) is 13.0 Å². The summed E-state index contributed by atoms with van der Waals surface area (Å²) in [6, 6.07) is 14.7. The van der Waals surface area contributed by atoms with Crippen LogP contribution in [0.1, 0.15) is 36.0 Å². The largest absolute Gasteiger partial charge is 0.311 e. The second kappa shape index (κ2) is 8.34. The van der Waals surface area contributed by atoms with Gasteiger partial charge in [-0.15, -0.1) is 0 Å². The Morgan fingerprint density at radius 2 is 1.81 bits per heavy atom. The SMILES string of the molecule is Clc1ccc2c(c1)CC(c1ccc(CNCCN3CCCCC3)cc1)=N2. The number of piperidine rings is 1. The molecule has 0 aromatic heterocycles. The first-order valence-corrected chi connectivity index (χ1v) is 10.0. The summed E-state index contributed by atoms with van der Waals surface area (Å²) >= 11 is 6.09. The maximum Gasteiger partial charge on any atom is 0.0670 e. The summed E-state index contributed by atoms with van der Waals surface area (Å²) in [5, 5.41) is 4.36. The summed E-state index contributed by atoms with van der Waals surface area (Å²) in [7, 11) is 0. The number of nitrogens with zero attached hydrogens (tertiary/aromatic N) is 2. The molecule has 2 heterocycles. The van der Waals surface area contributed by atoms with Crippen molar-refractivity contribution >= 4 is 23.0 Å². The van der Waals surface area contributed by atoms with Crippen LogP contribution >= 0.6 is 11.6 Å². The lowest BCUT2D eigenvalue weighted by atomic mass is 10.0. The fourth-order valence-electron chi connectivity index (χ4n) is 3.80. The van der Waals surface area contributed by atoms with Crippen molar-refractivity contribution < 1.29 is 0 Å². The van der Waals surface area contributed by atoms with Gasteiger partial charge < -0.3 is 10.2 Å². The van der Waals surface area contributed by atoms with E-state index in [9.17, 15) is 0 Å². The molecule has 4 heteroatoms. The molecule has 0 atom stereocenters. The molecule has 2 aliphatic heterocycles. The lowest BCUT2D eigenvalue weighted by Gasteiger charge is -2.26. The van der Waals surface area contributed by atoms with Crippen molar-refractivity contribution in [2.24, 2.45) is 4.99 Å². The van der Waals surface area contributed by atoms with Gasteiger partial charge in [-0.3, -0.25) is 4.99 Å². The molecule has 26 heavy (non-hydrogen) atoms. The molecule has 0 bridgehead atoms. The summed E-state index contributed by atoms with van der Waals surface area (Å²) in [6.07, 6.45) is 4.99. The van der Waals surface area contributed by atoms with E-state index in [0.29, 0.717) is 0 Å². The fraction of sp³-hybridized carbons (Fsp3) is 0.409. The van der Waals surface area contributed by atoms with Crippen LogP contribution < -0.4 is 5.32 Å². The van der Waals surface area contributed by atoms with Gasteiger partial charge in [0.2, 0.25) is 0 Å². The van der Waals surface area contributed by atoms with Crippen LogP contribution in [0.3, 0.4) is 0 Å². The Kier molecular flexibility index (Phi) is 5.68. The molecule has 0 aliphatic carbocycles. The Balaban J connectivity index is 1.27. The van der Waals surface area contributed by atoms with Crippen molar-refractivity contribution in [3.63, 3.8) is 0 Å². The Morgan fingerprint density at radius 1 is 1.00 bits per heavy atom. The fourth-order valence-corrected chi connectivity index (χ4v) is 4.00. The Bertz CT molecular complexity index is 776. The molecule has 4 rings (SSSR count). The minimum absolute atomic E-state index is 0.783. The zero-order valence-corrected chi connectivity index (χ0v) is 15.9. The minimum Gasteiger partial charge on any atom is -0.311 e. The monoisotopic (exact) mass is 367 g/mol. The third-order valence-electron chi connectivity index (χ3n) is 5.32. The van der Waals surface area contributed by atoms with Crippen molar-refractivity contribution in [1.29, 1.82) is 0 Å². The number of rotatable bonds is 6. The number of hydrogen-bond acceptors (Lipinski definition) is 3. The van der Waals surface area contributed by atoms with Gasteiger partial charge >= 0.3 is 0 Å². The van der Waals surface area contributed by atoms with Crippen LogP contribution in [0.5, 0.6) is 0 Å². The highest BCUT2D eigenvalue weighted by atomic mass is 35.5. The van der Waals surface area contributed by atoms with E-state index in [1.165, 1.54) is 49.0 Å². The van der Waals surface area contributed by atoms with Crippen molar-refractivity contribution in [2.45, 2.75) is 32.2 Å². The normalized spacial score (nSPS) is 17.2. The summed E-state index contributed by atoms with van der Waals surface area (Å²) in [6.45, 7) is 5.69. The van der Waals surface area contributed by atoms with Gasteiger partial charge in [-0.1, -0.05) is 42.3 Å². The molecule has 2 aromatic carbocycles. The maximum atomic E-state index is 6.09. The highest BCUT2D eigenvalue weighted by Gasteiger charge is 2.16. The Hall–Kier alpha value is -1.68. The lowest BCUT2D eigenvalue weighted by Crippen LogP contribution is -2.35. The topological polar surface area (TPSA) is 27.6 Å². The van der Waals surface area contributed by atoms with E-state index in [-0.39, 0.29) is 0 Å². The van der Waals surface area contributed by atoms with Crippen LogP contribution in [0, 0.1) is 0 Å². The van der Waals surface area contributed by atoms with Crippen molar-refractivity contribution in [3.05, 3.63) is 64.2 Å². The van der Waals surface area contributed by atoms with Crippen LogP contribution in [0.25, 0.3) is 0 Å². The number of aliphatic imine (C=N–C) groups is 1. The molecule has 1 saturated heterocycles. The Labute approximate surface area is 161 Å². The van der Waals surface area contributed by atoms with E-state index in [0.717, 1.165) is 42.5 Å². The van der Waals surface area contributed by atoms with E-state index >= 15 is 0 Å². The van der Waals surface area contributed by atoms with Crippen molar-refractivity contribution in [2.75, 3.05) is 26.2 Å². The summed E-state index contributed by atoms with van der Waals surface area (Å²) in [4.78, 5) is 7.33. The van der Waals surface area contributed by atoms with Gasteiger partial charge in [0.15, 0.2) is 0 Å². The molecule has 1 N–H and O–H groups in total. The standard InChI is InChI=1S/C22H26ClN3/c23-20-8-9-21-19(14-20)15-22(25-21)18-6-4-17(5-7-18)16-24-10-13-26-11-2-1-3-12-26/h4-9,14,24H,1-3,10-13,15-16H2. The molecule has 136 valence electrons. The summed E-state index contributed by atoms with van der Waals surface area (Å²) < 4.78 is 0. The number of nitrogens with one attached hydrogen (secondary N) is 1. The van der Waals surface area contributed by atoms with Gasteiger partial charge in [0.25, 0.3) is 0 Å². The summed E-state index contributed by atoms with van der Waals surface area (Å²) in [5.41, 5.74) is 5.93. The Morgan fingerprint density at radius 3 is 2.62 bits per heavy atom. The van der Waals surface area contributed by atoms with Crippen molar-refractivity contribution in [1.82, 2.24) is 10.2 Å². The molecule has 0 amide bonds. The van der Waals surface area contributed by atoms with E-state index in [1.54, 1.807) is 0 Å². The molecule has 2 aromatic rings. The minimum atomic E-state index is 0.783. The predicted octanol–water partition coefficient (Wildman–Crippen LogP) is 4.59. The first-order valence-electron chi connectivity index (χ1n) is 9.66. The van der Waals surface area contributed by atoms with Crippen LogP contribution in [0.4, 0.5) is 5.69 Å². The molecule has 0 saturated carbocycles. The third kappa shape index (κ3) is 4.35. The van der Waals surface area contributed by atoms with E-state index < -0.39 is 0 Å². The highest BCUT2D eigenvalue weighted by Crippen LogP contribution is 2.31. The smallest absolute Gasteiger partial charge is 0.0670 e. The van der Waals surface area contributed by atoms with Crippen molar-refractivity contribution in [3.8, 4) is 0 Å². The number of likely N-dealkylation sites (tertiary alicyclic amines) is 1. The molecule has 0 spiro atoms. The van der Waals surface area contributed by atoms with Gasteiger partial charge in [-0.2, -0.15) is 0 Å². The number of hydrogen-bond donors (Lipinski definition) is 1. The van der Waals surface area contributed by atoms with Gasteiger partial charge in [0.1, 0.15) is 0 Å². The average Bonchev–Trinajstić information content (AvgIpc) is 3.10. The zero-order chi connectivity index (χ0) is 17.8. The highest BCUT2D eigenvalue weighted by molar-refractivity contribution is 6.30. The average molecular weight is 368 g/mol. The molecular weight excluding hydrogens is 342 g/mol. The van der Waals surface area contributed by atoms with Crippen LogP contribution in [0.15, 0.2) is 47.5 Å². The van der Waals surface area contributed by atoms with E-state index in [2.05, 4.69) is 34.5 Å². The molecule has 3 nitrogen and oxygen atoms in total. The number of fused-ring (bicyclic) bond motifs is 1. The summed E-state index contributed by atoms with van der Waals surface area (Å²) in [5.74, 6) is 0. The first-order chi connectivity index (χ1) is 12.8. The first kappa shape index (κ1) is 17.7. The van der Waals surface area contributed by atoms with Gasteiger partial charge in [0.05, 0.1) is 11.4 Å². The van der Waals surface area contributed by atoms with Crippen LogP contribution in [-0.4, -0.2) is 36.8 Å². The third-order valence-corrected chi connectivity index (χ3v) is 5.56. The van der Waals surface area contributed by atoms with Gasteiger partial charge in [0, 0.05) is 31.1 Å². The van der Waals surface area contributed by atoms with Gasteiger partial charge in [-0.05, 0) is 60.8 Å². The lowest BCUT2D eigenvalue weighted by molar-refractivity contribution is 0.229. The van der Waals surface area contributed by atoms with Gasteiger partial charge in [-0.25, -0.2) is 0 Å².